The van der Waals surface area contributed by atoms with Gasteiger partial charge in [0.25, 0.3) is 0 Å². The van der Waals surface area contributed by atoms with E-state index in [1.807, 2.05) is 0 Å². The highest BCUT2D eigenvalue weighted by atomic mass is 19.2. The van der Waals surface area contributed by atoms with Crippen LogP contribution < -0.4 is 5.32 Å². The standard InChI is InChI=1S/C11H10F3N3O/c1-15-3-2-9-16-17-11(18-9)6-4-7(12)10(14)8(13)5-6/h4-5,15H,2-3H2,1H3. The number of aromatic nitrogens is 2. The third-order valence-electron chi connectivity index (χ3n) is 2.29. The van der Waals surface area contributed by atoms with Crippen LogP contribution in [0.5, 0.6) is 0 Å². The van der Waals surface area contributed by atoms with E-state index in [0.29, 0.717) is 18.9 Å². The second-order valence-electron chi connectivity index (χ2n) is 3.61. The molecule has 7 heteroatoms. The van der Waals surface area contributed by atoms with Crippen LogP contribution in [0.4, 0.5) is 13.2 Å². The van der Waals surface area contributed by atoms with E-state index in [-0.39, 0.29) is 11.5 Å². The van der Waals surface area contributed by atoms with Gasteiger partial charge < -0.3 is 9.73 Å². The molecule has 18 heavy (non-hydrogen) atoms. The average molecular weight is 257 g/mol. The maximum Gasteiger partial charge on any atom is 0.247 e. The third kappa shape index (κ3) is 2.51. The quantitative estimate of drug-likeness (QED) is 0.850. The van der Waals surface area contributed by atoms with E-state index in [4.69, 9.17) is 4.42 Å². The number of hydrogen-bond acceptors (Lipinski definition) is 4. The molecule has 0 aliphatic carbocycles. The number of hydrogen-bond donors (Lipinski definition) is 1. The Bertz CT molecular complexity index is 533. The molecule has 4 nitrogen and oxygen atoms in total. The van der Waals surface area contributed by atoms with E-state index >= 15 is 0 Å². The number of nitrogens with one attached hydrogen (secondary N) is 1. The van der Waals surface area contributed by atoms with Gasteiger partial charge in [0.15, 0.2) is 17.5 Å². The molecule has 0 amide bonds. The first-order valence-electron chi connectivity index (χ1n) is 5.23. The molecule has 0 radical (unpaired) electrons. The monoisotopic (exact) mass is 257 g/mol. The van der Waals surface area contributed by atoms with E-state index in [2.05, 4.69) is 15.5 Å². The molecule has 1 aromatic carbocycles. The van der Waals surface area contributed by atoms with Crippen LogP contribution >= 0.6 is 0 Å². The molecule has 2 rings (SSSR count). The zero-order valence-electron chi connectivity index (χ0n) is 9.51. The van der Waals surface area contributed by atoms with Gasteiger partial charge in [-0.1, -0.05) is 0 Å². The van der Waals surface area contributed by atoms with Crippen molar-refractivity contribution in [2.75, 3.05) is 13.6 Å². The van der Waals surface area contributed by atoms with Gasteiger partial charge in [0, 0.05) is 18.5 Å². The highest BCUT2D eigenvalue weighted by Gasteiger charge is 2.15. The second-order valence-corrected chi connectivity index (χ2v) is 3.61. The molecule has 0 atom stereocenters. The Hall–Kier alpha value is -1.89. The van der Waals surface area contributed by atoms with Gasteiger partial charge in [0.2, 0.25) is 11.8 Å². The van der Waals surface area contributed by atoms with Crippen LogP contribution in [0, 0.1) is 17.5 Å². The van der Waals surface area contributed by atoms with Gasteiger partial charge in [-0.2, -0.15) is 0 Å². The first-order valence-corrected chi connectivity index (χ1v) is 5.23. The van der Waals surface area contributed by atoms with Gasteiger partial charge in [0.1, 0.15) is 0 Å². The van der Waals surface area contributed by atoms with Crippen LogP contribution in [0.3, 0.4) is 0 Å². The largest absolute Gasteiger partial charge is 0.421 e. The molecule has 0 spiro atoms. The van der Waals surface area contributed by atoms with Crippen molar-refractivity contribution in [1.29, 1.82) is 0 Å². The van der Waals surface area contributed by atoms with Crippen molar-refractivity contribution in [3.63, 3.8) is 0 Å². The summed E-state index contributed by atoms with van der Waals surface area (Å²) in [4.78, 5) is 0. The Balaban J connectivity index is 2.28. The topological polar surface area (TPSA) is 51.0 Å². The molecule has 96 valence electrons. The molecular weight excluding hydrogens is 247 g/mol. The van der Waals surface area contributed by atoms with Gasteiger partial charge in [-0.05, 0) is 19.2 Å². The highest BCUT2D eigenvalue weighted by Crippen LogP contribution is 2.22. The van der Waals surface area contributed by atoms with Gasteiger partial charge in [-0.3, -0.25) is 0 Å². The lowest BCUT2D eigenvalue weighted by molar-refractivity contribution is 0.446. The maximum absolute atomic E-state index is 13.0. The van der Waals surface area contributed by atoms with Crippen LogP contribution in [0.2, 0.25) is 0 Å². The molecular formula is C11H10F3N3O. The van der Waals surface area contributed by atoms with Gasteiger partial charge >= 0.3 is 0 Å². The Labute approximate surface area is 101 Å². The molecule has 1 N–H and O–H groups in total. The Morgan fingerprint density at radius 3 is 2.44 bits per heavy atom. The van der Waals surface area contributed by atoms with Crippen LogP contribution in [0.1, 0.15) is 5.89 Å². The van der Waals surface area contributed by atoms with Crippen molar-refractivity contribution in [2.45, 2.75) is 6.42 Å². The summed E-state index contributed by atoms with van der Waals surface area (Å²) in [5.41, 5.74) is 0.00890. The fourth-order valence-corrected chi connectivity index (χ4v) is 1.38. The third-order valence-corrected chi connectivity index (χ3v) is 2.29. The number of rotatable bonds is 4. The average Bonchev–Trinajstić information content (AvgIpc) is 2.81. The van der Waals surface area contributed by atoms with Gasteiger partial charge in [0.05, 0.1) is 0 Å². The molecule has 0 unspecified atom stereocenters. The summed E-state index contributed by atoms with van der Waals surface area (Å²) in [6, 6.07) is 1.63. The zero-order chi connectivity index (χ0) is 13.1. The van der Waals surface area contributed by atoms with Crippen LogP contribution in [-0.4, -0.2) is 23.8 Å². The van der Waals surface area contributed by atoms with E-state index in [0.717, 1.165) is 12.1 Å². The predicted octanol–water partition coefficient (Wildman–Crippen LogP) is 1.92. The van der Waals surface area contributed by atoms with E-state index in [1.54, 1.807) is 7.05 Å². The Morgan fingerprint density at radius 2 is 1.83 bits per heavy atom. The minimum atomic E-state index is -1.52. The van der Waals surface area contributed by atoms with Crippen LogP contribution in [0.25, 0.3) is 11.5 Å². The summed E-state index contributed by atoms with van der Waals surface area (Å²) in [6.45, 7) is 0.633. The lowest BCUT2D eigenvalue weighted by Gasteiger charge is -1.98. The van der Waals surface area contributed by atoms with Crippen LogP contribution in [-0.2, 0) is 6.42 Å². The lowest BCUT2D eigenvalue weighted by Crippen LogP contribution is -2.10. The molecule has 0 aliphatic rings. The number of likely N-dealkylation sites (N-methyl/N-ethyl adjacent to an activating group) is 1. The first-order chi connectivity index (χ1) is 8.61. The van der Waals surface area contributed by atoms with Gasteiger partial charge in [-0.25, -0.2) is 13.2 Å². The Kier molecular flexibility index (Phi) is 3.61. The molecule has 0 saturated heterocycles. The van der Waals surface area contributed by atoms with Crippen molar-refractivity contribution in [3.05, 3.63) is 35.5 Å². The summed E-state index contributed by atoms with van der Waals surface area (Å²) < 4.78 is 44.0. The van der Waals surface area contributed by atoms with Crippen molar-refractivity contribution in [2.24, 2.45) is 0 Å². The second kappa shape index (κ2) is 5.18. The molecule has 0 aliphatic heterocycles. The van der Waals surface area contributed by atoms with E-state index in [9.17, 15) is 13.2 Å². The number of benzene rings is 1. The zero-order valence-corrected chi connectivity index (χ0v) is 9.51. The van der Waals surface area contributed by atoms with Gasteiger partial charge in [-0.15, -0.1) is 10.2 Å². The Morgan fingerprint density at radius 1 is 1.17 bits per heavy atom. The lowest BCUT2D eigenvalue weighted by atomic mass is 10.2. The summed E-state index contributed by atoms with van der Waals surface area (Å²) in [7, 11) is 1.77. The number of halogens is 3. The predicted molar refractivity (Wildman–Crippen MR) is 57.2 cm³/mol. The molecule has 0 saturated carbocycles. The highest BCUT2D eigenvalue weighted by molar-refractivity contribution is 5.52. The summed E-state index contributed by atoms with van der Waals surface area (Å²) in [5.74, 6) is -3.81. The van der Waals surface area contributed by atoms with Crippen molar-refractivity contribution >= 4 is 0 Å². The van der Waals surface area contributed by atoms with Crippen molar-refractivity contribution in [3.8, 4) is 11.5 Å². The molecule has 0 fully saturated rings. The smallest absolute Gasteiger partial charge is 0.247 e. The van der Waals surface area contributed by atoms with E-state index in [1.165, 1.54) is 0 Å². The SMILES string of the molecule is CNCCc1nnc(-c2cc(F)c(F)c(F)c2)o1. The maximum atomic E-state index is 13.0. The summed E-state index contributed by atoms with van der Waals surface area (Å²) in [5, 5.41) is 10.3. The summed E-state index contributed by atoms with van der Waals surface area (Å²) >= 11 is 0. The normalized spacial score (nSPS) is 10.9. The molecule has 1 aromatic heterocycles. The van der Waals surface area contributed by atoms with Crippen molar-refractivity contribution in [1.82, 2.24) is 15.5 Å². The van der Waals surface area contributed by atoms with E-state index < -0.39 is 17.5 Å². The first kappa shape index (κ1) is 12.6. The van der Waals surface area contributed by atoms with Crippen molar-refractivity contribution < 1.29 is 17.6 Å². The minimum absolute atomic E-state index is 0.00890. The number of nitrogens with zero attached hydrogens (tertiary/aromatic N) is 2. The fraction of sp³-hybridized carbons (Fsp3) is 0.273. The molecule has 0 bridgehead atoms. The van der Waals surface area contributed by atoms with Crippen LogP contribution in [0.15, 0.2) is 16.5 Å². The summed E-state index contributed by atoms with van der Waals surface area (Å²) in [6.07, 6.45) is 0.496. The minimum Gasteiger partial charge on any atom is -0.421 e. The molecule has 1 heterocycles. The fourth-order valence-electron chi connectivity index (χ4n) is 1.38. The molecule has 2 aromatic rings.